The average Bonchev–Trinajstić information content (AvgIpc) is 2.59. The number of hydrogen-bond donors (Lipinski definition) is 1. The van der Waals surface area contributed by atoms with Crippen molar-refractivity contribution in [3.8, 4) is 0 Å². The van der Waals surface area contributed by atoms with Gasteiger partial charge in [-0.15, -0.1) is 0 Å². The van der Waals surface area contributed by atoms with E-state index in [0.717, 1.165) is 31.5 Å². The summed E-state index contributed by atoms with van der Waals surface area (Å²) in [4.78, 5) is 24.2. The van der Waals surface area contributed by atoms with Crippen molar-refractivity contribution >= 4 is 22.8 Å². The van der Waals surface area contributed by atoms with Gasteiger partial charge in [-0.3, -0.25) is 9.59 Å². The number of piperidine rings is 1. The van der Waals surface area contributed by atoms with Crippen molar-refractivity contribution in [3.63, 3.8) is 0 Å². The first kappa shape index (κ1) is 20.0. The van der Waals surface area contributed by atoms with E-state index in [2.05, 4.69) is 5.32 Å². The van der Waals surface area contributed by atoms with E-state index >= 15 is 0 Å². The van der Waals surface area contributed by atoms with Gasteiger partial charge in [-0.05, 0) is 51.8 Å². The fraction of sp³-hybridized carbons (Fsp3) is 0.600. The second-order valence-electron chi connectivity index (χ2n) is 7.24. The maximum Gasteiger partial charge on any atom is 0.310 e. The molecule has 0 bridgehead atoms. The third kappa shape index (κ3) is 6.48. The van der Waals surface area contributed by atoms with Crippen molar-refractivity contribution < 1.29 is 14.3 Å². The zero-order chi connectivity index (χ0) is 18.3. The highest BCUT2D eigenvalue weighted by molar-refractivity contribution is 8.13. The number of carbonyl (C=O) groups is 2. The van der Waals surface area contributed by atoms with Crippen LogP contribution >= 0.6 is 11.8 Å². The summed E-state index contributed by atoms with van der Waals surface area (Å²) >= 11 is 1.20. The van der Waals surface area contributed by atoms with Gasteiger partial charge < -0.3 is 10.1 Å². The van der Waals surface area contributed by atoms with Gasteiger partial charge in [0, 0.05) is 18.6 Å². The molecule has 0 aliphatic carbocycles. The van der Waals surface area contributed by atoms with E-state index in [1.165, 1.54) is 18.7 Å². The SMILES string of the molecule is CC(=O)SCC(Cc1ccccc1)C(=O)OC(C)(C)C1CCNCC1. The van der Waals surface area contributed by atoms with Crippen LogP contribution in [0.3, 0.4) is 0 Å². The van der Waals surface area contributed by atoms with Gasteiger partial charge >= 0.3 is 5.97 Å². The van der Waals surface area contributed by atoms with Gasteiger partial charge in [-0.2, -0.15) is 0 Å². The monoisotopic (exact) mass is 363 g/mol. The molecule has 1 aliphatic rings. The van der Waals surface area contributed by atoms with Crippen LogP contribution in [-0.2, 0) is 20.7 Å². The molecule has 138 valence electrons. The second-order valence-corrected chi connectivity index (χ2v) is 8.43. The molecule has 4 nitrogen and oxygen atoms in total. The van der Waals surface area contributed by atoms with Crippen molar-refractivity contribution in [1.82, 2.24) is 5.32 Å². The molecule has 1 unspecified atom stereocenters. The molecule has 0 saturated carbocycles. The number of hydrogen-bond acceptors (Lipinski definition) is 5. The average molecular weight is 364 g/mol. The Hall–Kier alpha value is -1.33. The minimum Gasteiger partial charge on any atom is -0.459 e. The van der Waals surface area contributed by atoms with Crippen LogP contribution in [0.5, 0.6) is 0 Å². The third-order valence-corrected chi connectivity index (χ3v) is 5.81. The Morgan fingerprint density at radius 1 is 1.24 bits per heavy atom. The van der Waals surface area contributed by atoms with E-state index in [1.807, 2.05) is 44.2 Å². The van der Waals surface area contributed by atoms with Gasteiger partial charge in [0.05, 0.1) is 5.92 Å². The Balaban J connectivity index is 2.03. The Bertz CT molecular complexity index is 568. The lowest BCUT2D eigenvalue weighted by Crippen LogP contribution is -2.44. The lowest BCUT2D eigenvalue weighted by Gasteiger charge is -2.37. The largest absolute Gasteiger partial charge is 0.459 e. The number of esters is 1. The van der Waals surface area contributed by atoms with Crippen molar-refractivity contribution in [1.29, 1.82) is 0 Å². The van der Waals surface area contributed by atoms with Gasteiger partial charge in [-0.25, -0.2) is 0 Å². The molecule has 1 heterocycles. The highest BCUT2D eigenvalue weighted by Gasteiger charge is 2.36. The maximum atomic E-state index is 12.9. The molecule has 0 radical (unpaired) electrons. The summed E-state index contributed by atoms with van der Waals surface area (Å²) < 4.78 is 5.95. The Morgan fingerprint density at radius 2 is 1.88 bits per heavy atom. The van der Waals surface area contributed by atoms with Gasteiger partial charge in [0.2, 0.25) is 0 Å². The molecule has 1 atom stereocenters. The predicted octanol–water partition coefficient (Wildman–Crippen LogP) is 3.45. The fourth-order valence-electron chi connectivity index (χ4n) is 3.27. The van der Waals surface area contributed by atoms with Crippen LogP contribution in [0.2, 0.25) is 0 Å². The lowest BCUT2D eigenvalue weighted by molar-refractivity contribution is -0.167. The number of benzene rings is 1. The standard InChI is InChI=1S/C20H29NO3S/c1-15(22)25-14-17(13-16-7-5-4-6-8-16)19(23)24-20(2,3)18-9-11-21-12-10-18/h4-8,17-18,21H,9-14H2,1-3H3. The smallest absolute Gasteiger partial charge is 0.310 e. The quantitative estimate of drug-likeness (QED) is 0.752. The molecule has 25 heavy (non-hydrogen) atoms. The lowest BCUT2D eigenvalue weighted by atomic mass is 9.83. The molecule has 2 rings (SSSR count). The number of nitrogens with one attached hydrogen (secondary N) is 1. The summed E-state index contributed by atoms with van der Waals surface area (Å²) in [5, 5.41) is 3.38. The van der Waals surface area contributed by atoms with Crippen molar-refractivity contribution in [2.45, 2.75) is 45.6 Å². The number of ether oxygens (including phenoxy) is 1. The highest BCUT2D eigenvalue weighted by atomic mass is 32.2. The van der Waals surface area contributed by atoms with Crippen molar-refractivity contribution in [2.75, 3.05) is 18.8 Å². The predicted molar refractivity (Wildman–Crippen MR) is 103 cm³/mol. The third-order valence-electron chi connectivity index (χ3n) is 4.83. The van der Waals surface area contributed by atoms with Gasteiger partial charge in [0.1, 0.15) is 5.60 Å². The summed E-state index contributed by atoms with van der Waals surface area (Å²) in [7, 11) is 0. The summed E-state index contributed by atoms with van der Waals surface area (Å²) in [6.07, 6.45) is 2.64. The van der Waals surface area contributed by atoms with Gasteiger partial charge in [0.15, 0.2) is 5.12 Å². The molecule has 1 aromatic carbocycles. The van der Waals surface area contributed by atoms with Crippen LogP contribution in [0.15, 0.2) is 30.3 Å². The summed E-state index contributed by atoms with van der Waals surface area (Å²) in [6.45, 7) is 7.50. The number of thioether (sulfide) groups is 1. The fourth-order valence-corrected chi connectivity index (χ4v) is 3.96. The molecular weight excluding hydrogens is 334 g/mol. The number of carbonyl (C=O) groups excluding carboxylic acids is 2. The number of rotatable bonds is 7. The van der Waals surface area contributed by atoms with E-state index in [0.29, 0.717) is 18.1 Å². The Kier molecular flexibility index (Phi) is 7.51. The summed E-state index contributed by atoms with van der Waals surface area (Å²) in [6, 6.07) is 9.91. The molecule has 1 N–H and O–H groups in total. The van der Waals surface area contributed by atoms with Gasteiger partial charge in [0.25, 0.3) is 0 Å². The van der Waals surface area contributed by atoms with Crippen LogP contribution in [0.25, 0.3) is 0 Å². The molecule has 1 saturated heterocycles. The molecule has 0 aromatic heterocycles. The topological polar surface area (TPSA) is 55.4 Å². The summed E-state index contributed by atoms with van der Waals surface area (Å²) in [5.74, 6) is 0.333. The van der Waals surface area contributed by atoms with Gasteiger partial charge in [-0.1, -0.05) is 42.1 Å². The van der Waals surface area contributed by atoms with Crippen LogP contribution in [0.4, 0.5) is 0 Å². The first-order chi connectivity index (χ1) is 11.9. The zero-order valence-electron chi connectivity index (χ0n) is 15.4. The van der Waals surface area contributed by atoms with Crippen LogP contribution in [-0.4, -0.2) is 35.5 Å². The van der Waals surface area contributed by atoms with E-state index in [9.17, 15) is 9.59 Å². The van der Waals surface area contributed by atoms with Crippen LogP contribution in [0, 0.1) is 11.8 Å². The minimum absolute atomic E-state index is 0.0310. The zero-order valence-corrected chi connectivity index (χ0v) is 16.2. The van der Waals surface area contributed by atoms with E-state index in [4.69, 9.17) is 4.74 Å². The van der Waals surface area contributed by atoms with E-state index < -0.39 is 5.60 Å². The van der Waals surface area contributed by atoms with E-state index in [-0.39, 0.29) is 17.0 Å². The molecule has 0 spiro atoms. The normalized spacial score (nSPS) is 17.1. The second kappa shape index (κ2) is 9.39. The highest BCUT2D eigenvalue weighted by Crippen LogP contribution is 2.30. The molecule has 1 aromatic rings. The summed E-state index contributed by atoms with van der Waals surface area (Å²) in [5.41, 5.74) is 0.614. The van der Waals surface area contributed by atoms with Crippen LogP contribution in [0.1, 0.15) is 39.2 Å². The van der Waals surface area contributed by atoms with E-state index in [1.54, 1.807) is 0 Å². The molecule has 5 heteroatoms. The minimum atomic E-state index is -0.477. The first-order valence-corrected chi connectivity index (χ1v) is 9.98. The van der Waals surface area contributed by atoms with Crippen LogP contribution < -0.4 is 5.32 Å². The molecule has 1 aliphatic heterocycles. The molecular formula is C20H29NO3S. The first-order valence-electron chi connectivity index (χ1n) is 8.99. The Morgan fingerprint density at radius 3 is 2.48 bits per heavy atom. The Labute approximate surface area is 155 Å². The molecule has 0 amide bonds. The van der Waals surface area contributed by atoms with Crippen molar-refractivity contribution in [2.24, 2.45) is 11.8 Å². The maximum absolute atomic E-state index is 12.9. The van der Waals surface area contributed by atoms with Crippen molar-refractivity contribution in [3.05, 3.63) is 35.9 Å². The molecule has 1 fully saturated rings.